The van der Waals surface area contributed by atoms with Crippen molar-refractivity contribution in [1.29, 1.82) is 0 Å². The van der Waals surface area contributed by atoms with E-state index in [0.29, 0.717) is 28.4 Å². The average Bonchev–Trinajstić information content (AvgIpc) is 3.40. The van der Waals surface area contributed by atoms with Gasteiger partial charge in [-0.25, -0.2) is 5.43 Å². The number of fused-ring (bicyclic) bond motifs is 1. The number of benzene rings is 3. The number of carbonyl (C=O) groups is 2. The Morgan fingerprint density at radius 3 is 2.42 bits per heavy atom. The molecule has 38 heavy (non-hydrogen) atoms. The second kappa shape index (κ2) is 11.6. The first-order valence-corrected chi connectivity index (χ1v) is 11.1. The molecular formula is C26H22N4O8. The lowest BCUT2D eigenvalue weighted by Crippen LogP contribution is -2.32. The van der Waals surface area contributed by atoms with Crippen molar-refractivity contribution in [3.05, 3.63) is 93.2 Å². The lowest BCUT2D eigenvalue weighted by Gasteiger charge is -2.11. The van der Waals surface area contributed by atoms with Gasteiger partial charge < -0.3 is 24.3 Å². The van der Waals surface area contributed by atoms with Crippen LogP contribution in [0.3, 0.4) is 0 Å². The maximum absolute atomic E-state index is 13.1. The Hall–Kier alpha value is -5.39. The predicted octanol–water partition coefficient (Wildman–Crippen LogP) is 3.26. The summed E-state index contributed by atoms with van der Waals surface area (Å²) in [7, 11) is 2.96. The molecule has 0 unspecified atom stereocenters. The molecule has 1 heterocycles. The normalized spacial score (nSPS) is 12.2. The van der Waals surface area contributed by atoms with Crippen LogP contribution >= 0.6 is 0 Å². The first-order valence-electron chi connectivity index (χ1n) is 11.1. The minimum absolute atomic E-state index is 0.0616. The molecule has 12 heteroatoms. The largest absolute Gasteiger partial charge is 0.497 e. The SMILES string of the molecule is COc1ccc(/C=C(/NC(=O)c2ccccc2)C(=O)NN=Cc2cc3c(cc2[N+](=O)[O-])OCO3)c(OC)c1. The van der Waals surface area contributed by atoms with E-state index in [2.05, 4.69) is 15.8 Å². The third kappa shape index (κ3) is 5.87. The number of amides is 2. The molecule has 0 spiro atoms. The summed E-state index contributed by atoms with van der Waals surface area (Å²) in [6.45, 7) is -0.0616. The van der Waals surface area contributed by atoms with Crippen LogP contribution in [0.4, 0.5) is 5.69 Å². The average molecular weight is 518 g/mol. The maximum atomic E-state index is 13.1. The molecule has 0 saturated heterocycles. The second-order valence-electron chi connectivity index (χ2n) is 7.71. The molecule has 3 aromatic carbocycles. The van der Waals surface area contributed by atoms with Crippen LogP contribution in [0.25, 0.3) is 6.08 Å². The molecule has 0 saturated carbocycles. The highest BCUT2D eigenvalue weighted by Gasteiger charge is 2.23. The lowest BCUT2D eigenvalue weighted by molar-refractivity contribution is -0.385. The molecule has 0 bridgehead atoms. The van der Waals surface area contributed by atoms with Gasteiger partial charge in [0.05, 0.1) is 37.0 Å². The van der Waals surface area contributed by atoms with E-state index in [9.17, 15) is 19.7 Å². The molecule has 2 N–H and O–H groups in total. The molecule has 3 aromatic rings. The molecule has 0 aliphatic carbocycles. The van der Waals surface area contributed by atoms with Crippen molar-refractivity contribution in [3.8, 4) is 23.0 Å². The predicted molar refractivity (Wildman–Crippen MR) is 136 cm³/mol. The molecule has 194 valence electrons. The summed E-state index contributed by atoms with van der Waals surface area (Å²) < 4.78 is 21.0. The minimum Gasteiger partial charge on any atom is -0.497 e. The summed E-state index contributed by atoms with van der Waals surface area (Å²) in [5, 5.41) is 17.9. The van der Waals surface area contributed by atoms with Crippen LogP contribution in [0.1, 0.15) is 21.5 Å². The first-order chi connectivity index (χ1) is 18.4. The zero-order chi connectivity index (χ0) is 27.1. The van der Waals surface area contributed by atoms with Crippen LogP contribution in [0.2, 0.25) is 0 Å². The smallest absolute Gasteiger partial charge is 0.287 e. The van der Waals surface area contributed by atoms with E-state index in [-0.39, 0.29) is 29.5 Å². The molecular weight excluding hydrogens is 496 g/mol. The molecule has 2 amide bonds. The van der Waals surface area contributed by atoms with Gasteiger partial charge in [0, 0.05) is 17.2 Å². The summed E-state index contributed by atoms with van der Waals surface area (Å²) in [6.07, 6.45) is 2.51. The summed E-state index contributed by atoms with van der Waals surface area (Å²) in [5.74, 6) is 0.156. The van der Waals surface area contributed by atoms with Gasteiger partial charge in [-0.05, 0) is 36.4 Å². The number of nitro benzene ring substituents is 1. The van der Waals surface area contributed by atoms with Crippen LogP contribution < -0.4 is 29.7 Å². The van der Waals surface area contributed by atoms with Gasteiger partial charge in [0.1, 0.15) is 17.2 Å². The van der Waals surface area contributed by atoms with Gasteiger partial charge in [0.15, 0.2) is 11.5 Å². The lowest BCUT2D eigenvalue weighted by atomic mass is 10.1. The third-order valence-corrected chi connectivity index (χ3v) is 5.36. The van der Waals surface area contributed by atoms with E-state index in [1.54, 1.807) is 48.5 Å². The number of methoxy groups -OCH3 is 2. The molecule has 0 atom stereocenters. The second-order valence-corrected chi connectivity index (χ2v) is 7.71. The topological polar surface area (TPSA) is 151 Å². The Balaban J connectivity index is 1.62. The summed E-state index contributed by atoms with van der Waals surface area (Å²) in [6, 6.07) is 15.9. The van der Waals surface area contributed by atoms with Gasteiger partial charge in [0.2, 0.25) is 6.79 Å². The summed E-state index contributed by atoms with van der Waals surface area (Å²) in [4.78, 5) is 36.8. The quantitative estimate of drug-likeness (QED) is 0.190. The number of nitrogens with zero attached hydrogens (tertiary/aromatic N) is 2. The van der Waals surface area contributed by atoms with Crippen LogP contribution in [0, 0.1) is 10.1 Å². The Kier molecular flexibility index (Phi) is 7.82. The maximum Gasteiger partial charge on any atom is 0.287 e. The first kappa shape index (κ1) is 25.7. The molecule has 1 aliphatic rings. The zero-order valence-corrected chi connectivity index (χ0v) is 20.3. The Labute approximate surface area is 216 Å². The number of hydrazone groups is 1. The number of nitro groups is 1. The van der Waals surface area contributed by atoms with Crippen molar-refractivity contribution >= 4 is 29.8 Å². The number of hydrogen-bond acceptors (Lipinski definition) is 9. The van der Waals surface area contributed by atoms with E-state index in [1.165, 1.54) is 32.4 Å². The highest BCUT2D eigenvalue weighted by Crippen LogP contribution is 2.37. The van der Waals surface area contributed by atoms with Crippen molar-refractivity contribution < 1.29 is 33.5 Å². The highest BCUT2D eigenvalue weighted by molar-refractivity contribution is 6.05. The number of ether oxygens (including phenoxy) is 4. The molecule has 12 nitrogen and oxygen atoms in total. The molecule has 0 radical (unpaired) electrons. The van der Waals surface area contributed by atoms with Gasteiger partial charge in [-0.1, -0.05) is 18.2 Å². The van der Waals surface area contributed by atoms with Crippen LogP contribution in [-0.4, -0.2) is 44.0 Å². The number of carbonyl (C=O) groups excluding carboxylic acids is 2. The van der Waals surface area contributed by atoms with Crippen LogP contribution in [-0.2, 0) is 4.79 Å². The summed E-state index contributed by atoms with van der Waals surface area (Å²) >= 11 is 0. The van der Waals surface area contributed by atoms with E-state index < -0.39 is 16.7 Å². The van der Waals surface area contributed by atoms with E-state index in [1.807, 2.05) is 0 Å². The summed E-state index contributed by atoms with van der Waals surface area (Å²) in [5.41, 5.74) is 2.73. The monoisotopic (exact) mass is 518 g/mol. The molecule has 4 rings (SSSR count). The molecule has 1 aliphatic heterocycles. The minimum atomic E-state index is -0.785. The fraction of sp³-hybridized carbons (Fsp3) is 0.115. The van der Waals surface area contributed by atoms with Crippen molar-refractivity contribution in [2.24, 2.45) is 5.10 Å². The standard InChI is InChI=1S/C26H22N4O8/c1-35-19-9-8-17(22(12-19)36-2)10-20(28-25(31)16-6-4-3-5-7-16)26(32)29-27-14-18-11-23-24(38-15-37-23)13-21(18)30(33)34/h3-14H,15H2,1-2H3,(H,28,31)(H,29,32)/b20-10+,27-14?. The van der Waals surface area contributed by atoms with Gasteiger partial charge in [0.25, 0.3) is 17.5 Å². The van der Waals surface area contributed by atoms with Gasteiger partial charge >= 0.3 is 0 Å². The fourth-order valence-corrected chi connectivity index (χ4v) is 3.46. The van der Waals surface area contributed by atoms with Gasteiger partial charge in [-0.15, -0.1) is 0 Å². The van der Waals surface area contributed by atoms with Gasteiger partial charge in [-0.2, -0.15) is 5.10 Å². The zero-order valence-electron chi connectivity index (χ0n) is 20.3. The van der Waals surface area contributed by atoms with Crippen LogP contribution in [0.15, 0.2) is 71.5 Å². The Morgan fingerprint density at radius 2 is 1.74 bits per heavy atom. The van der Waals surface area contributed by atoms with E-state index in [4.69, 9.17) is 18.9 Å². The van der Waals surface area contributed by atoms with E-state index >= 15 is 0 Å². The highest BCUT2D eigenvalue weighted by atomic mass is 16.7. The van der Waals surface area contributed by atoms with E-state index in [0.717, 1.165) is 6.21 Å². The van der Waals surface area contributed by atoms with Crippen molar-refractivity contribution in [2.75, 3.05) is 21.0 Å². The molecule has 0 fully saturated rings. The van der Waals surface area contributed by atoms with Crippen molar-refractivity contribution in [3.63, 3.8) is 0 Å². The van der Waals surface area contributed by atoms with Crippen LogP contribution in [0.5, 0.6) is 23.0 Å². The third-order valence-electron chi connectivity index (χ3n) is 5.36. The fourth-order valence-electron chi connectivity index (χ4n) is 3.46. The number of hydrogen-bond donors (Lipinski definition) is 2. The van der Waals surface area contributed by atoms with Crippen molar-refractivity contribution in [2.45, 2.75) is 0 Å². The number of nitrogens with one attached hydrogen (secondary N) is 2. The Morgan fingerprint density at radius 1 is 1.00 bits per heavy atom. The van der Waals surface area contributed by atoms with Gasteiger partial charge in [-0.3, -0.25) is 19.7 Å². The van der Waals surface area contributed by atoms with Crippen molar-refractivity contribution in [1.82, 2.24) is 10.7 Å². The molecule has 0 aromatic heterocycles. The Bertz CT molecular complexity index is 1440. The number of rotatable bonds is 9.